The van der Waals surface area contributed by atoms with Crippen LogP contribution < -0.4 is 10.8 Å². The first kappa shape index (κ1) is 17.7. The maximum Gasteiger partial charge on any atom is 0.243 e. The van der Waals surface area contributed by atoms with E-state index in [1.807, 2.05) is 48.5 Å². The second-order valence-electron chi connectivity index (χ2n) is 5.54. The van der Waals surface area contributed by atoms with E-state index in [0.717, 1.165) is 29.2 Å². The lowest BCUT2D eigenvalue weighted by molar-refractivity contribution is -0.129. The van der Waals surface area contributed by atoms with Crippen LogP contribution in [0, 0.1) is 0 Å². The Labute approximate surface area is 141 Å². The molecule has 0 atom stereocenters. The Bertz CT molecular complexity index is 720. The molecular weight excluding hydrogens is 304 g/mol. The van der Waals surface area contributed by atoms with E-state index in [2.05, 4.69) is 5.32 Å². The Kier molecular flexibility index (Phi) is 6.98. The molecule has 0 aliphatic carbocycles. The van der Waals surface area contributed by atoms with Crippen LogP contribution in [0.4, 0.5) is 0 Å². The molecule has 0 bridgehead atoms. The number of rotatable bonds is 8. The maximum absolute atomic E-state index is 11.8. The highest BCUT2D eigenvalue weighted by atomic mass is 16.5. The highest BCUT2D eigenvalue weighted by Crippen LogP contribution is 2.19. The van der Waals surface area contributed by atoms with E-state index < -0.39 is 0 Å². The smallest absolute Gasteiger partial charge is 0.243 e. The molecule has 2 aromatic carbocycles. The number of hydrogen-bond acceptors (Lipinski definition) is 3. The fraction of sp³-hybridized carbons (Fsp3) is 0.263. The Morgan fingerprint density at radius 3 is 2.62 bits per heavy atom. The van der Waals surface area contributed by atoms with Crippen LogP contribution >= 0.6 is 0 Å². The zero-order valence-corrected chi connectivity index (χ0v) is 13.5. The van der Waals surface area contributed by atoms with E-state index in [9.17, 15) is 9.59 Å². The molecule has 2 aromatic rings. The van der Waals surface area contributed by atoms with Gasteiger partial charge in [-0.3, -0.25) is 14.8 Å². The van der Waals surface area contributed by atoms with E-state index in [-0.39, 0.29) is 11.8 Å². The van der Waals surface area contributed by atoms with E-state index in [0.29, 0.717) is 19.4 Å². The van der Waals surface area contributed by atoms with Crippen molar-refractivity contribution in [3.63, 3.8) is 0 Å². The summed E-state index contributed by atoms with van der Waals surface area (Å²) in [5.41, 5.74) is 2.61. The summed E-state index contributed by atoms with van der Waals surface area (Å²) in [7, 11) is 0. The molecule has 3 N–H and O–H groups in total. The lowest BCUT2D eigenvalue weighted by Gasteiger charge is -2.03. The van der Waals surface area contributed by atoms with Crippen molar-refractivity contribution >= 4 is 28.7 Å². The van der Waals surface area contributed by atoms with Crippen molar-refractivity contribution in [1.29, 1.82) is 0 Å². The van der Waals surface area contributed by atoms with Crippen LogP contribution in [0.1, 0.15) is 31.2 Å². The summed E-state index contributed by atoms with van der Waals surface area (Å²) in [6.07, 6.45) is 5.97. The number of fused-ring (bicyclic) bond motifs is 1. The minimum atomic E-state index is -0.378. The number of benzene rings is 2. The number of unbranched alkanes of at least 4 members (excludes halogenated alkanes) is 2. The zero-order chi connectivity index (χ0) is 17.2. The monoisotopic (exact) mass is 326 g/mol. The van der Waals surface area contributed by atoms with E-state index in [1.165, 1.54) is 0 Å². The first-order valence-electron chi connectivity index (χ1n) is 8.07. The predicted octanol–water partition coefficient (Wildman–Crippen LogP) is 3.04. The quantitative estimate of drug-likeness (QED) is 0.302. The van der Waals surface area contributed by atoms with Crippen LogP contribution in [0.2, 0.25) is 0 Å². The van der Waals surface area contributed by atoms with Gasteiger partial charge in [-0.05, 0) is 35.3 Å². The summed E-state index contributed by atoms with van der Waals surface area (Å²) in [6, 6.07) is 14.1. The molecular formula is C19H22N2O3. The van der Waals surface area contributed by atoms with Crippen molar-refractivity contribution in [2.75, 3.05) is 6.54 Å². The van der Waals surface area contributed by atoms with Gasteiger partial charge in [0.1, 0.15) is 0 Å². The van der Waals surface area contributed by atoms with Gasteiger partial charge in [0.05, 0.1) is 0 Å². The summed E-state index contributed by atoms with van der Waals surface area (Å²) >= 11 is 0. The van der Waals surface area contributed by atoms with Gasteiger partial charge in [0.25, 0.3) is 0 Å². The van der Waals surface area contributed by atoms with Crippen LogP contribution in [-0.4, -0.2) is 23.6 Å². The standard InChI is InChI=1S/C19H22N2O3/c22-18(20-14-5-1-2-11-19(23)21-24)13-12-16-9-6-8-15-7-3-4-10-17(15)16/h3-4,6-10,12-13,24H,1-2,5,11,14H2,(H,20,22)(H,21,23)/b13-12-. The third-order valence-corrected chi connectivity index (χ3v) is 3.74. The van der Waals surface area contributed by atoms with Crippen molar-refractivity contribution in [1.82, 2.24) is 10.8 Å². The SMILES string of the molecule is O=C(/C=C\c1cccc2ccccc12)NCCCCCC(=O)NO. The second kappa shape index (κ2) is 9.47. The van der Waals surface area contributed by atoms with E-state index in [4.69, 9.17) is 5.21 Å². The molecule has 0 aromatic heterocycles. The Balaban J connectivity index is 1.76. The Hall–Kier alpha value is -2.66. The number of hydroxylamine groups is 1. The van der Waals surface area contributed by atoms with Crippen molar-refractivity contribution < 1.29 is 14.8 Å². The number of amides is 2. The van der Waals surface area contributed by atoms with Crippen LogP contribution in [0.3, 0.4) is 0 Å². The van der Waals surface area contributed by atoms with Gasteiger partial charge in [0.2, 0.25) is 11.8 Å². The molecule has 0 unspecified atom stereocenters. The Morgan fingerprint density at radius 1 is 1.00 bits per heavy atom. The molecule has 0 spiro atoms. The fourth-order valence-corrected chi connectivity index (χ4v) is 2.48. The average molecular weight is 326 g/mol. The minimum absolute atomic E-state index is 0.129. The number of hydrogen-bond donors (Lipinski definition) is 3. The molecule has 5 nitrogen and oxygen atoms in total. The molecule has 5 heteroatoms. The molecule has 0 radical (unpaired) electrons. The molecule has 126 valence electrons. The molecule has 0 fully saturated rings. The van der Waals surface area contributed by atoms with Gasteiger partial charge in [0, 0.05) is 19.0 Å². The highest BCUT2D eigenvalue weighted by Gasteiger charge is 2.00. The van der Waals surface area contributed by atoms with Gasteiger partial charge in [-0.1, -0.05) is 48.9 Å². The lowest BCUT2D eigenvalue weighted by atomic mass is 10.0. The predicted molar refractivity (Wildman–Crippen MR) is 94.4 cm³/mol. The van der Waals surface area contributed by atoms with Gasteiger partial charge < -0.3 is 5.32 Å². The molecule has 0 saturated heterocycles. The molecule has 2 amide bonds. The molecule has 24 heavy (non-hydrogen) atoms. The van der Waals surface area contributed by atoms with Crippen molar-refractivity contribution in [2.24, 2.45) is 0 Å². The summed E-state index contributed by atoms with van der Waals surface area (Å²) < 4.78 is 0. The van der Waals surface area contributed by atoms with Gasteiger partial charge >= 0.3 is 0 Å². The summed E-state index contributed by atoms with van der Waals surface area (Å²) in [5, 5.41) is 13.5. The third kappa shape index (κ3) is 5.52. The molecule has 2 rings (SSSR count). The normalized spacial score (nSPS) is 10.9. The fourth-order valence-electron chi connectivity index (χ4n) is 2.48. The average Bonchev–Trinajstić information content (AvgIpc) is 2.62. The highest BCUT2D eigenvalue weighted by molar-refractivity contribution is 5.96. The van der Waals surface area contributed by atoms with Crippen molar-refractivity contribution in [3.05, 3.63) is 54.1 Å². The van der Waals surface area contributed by atoms with Crippen LogP contribution in [-0.2, 0) is 9.59 Å². The first-order valence-corrected chi connectivity index (χ1v) is 8.07. The summed E-state index contributed by atoms with van der Waals surface area (Å²) in [6.45, 7) is 0.569. The van der Waals surface area contributed by atoms with Gasteiger partial charge in [0.15, 0.2) is 0 Å². The van der Waals surface area contributed by atoms with Gasteiger partial charge in [-0.2, -0.15) is 0 Å². The number of nitrogens with one attached hydrogen (secondary N) is 2. The number of carbonyl (C=O) groups excluding carboxylic acids is 2. The second-order valence-corrected chi connectivity index (χ2v) is 5.54. The third-order valence-electron chi connectivity index (χ3n) is 3.74. The topological polar surface area (TPSA) is 78.4 Å². The first-order chi connectivity index (χ1) is 11.7. The number of carbonyl (C=O) groups is 2. The van der Waals surface area contributed by atoms with Crippen molar-refractivity contribution in [2.45, 2.75) is 25.7 Å². The van der Waals surface area contributed by atoms with Gasteiger partial charge in [-0.25, -0.2) is 5.48 Å². The van der Waals surface area contributed by atoms with Crippen molar-refractivity contribution in [3.8, 4) is 0 Å². The summed E-state index contributed by atoms with van der Waals surface area (Å²) in [4.78, 5) is 22.7. The lowest BCUT2D eigenvalue weighted by Crippen LogP contribution is -2.22. The largest absolute Gasteiger partial charge is 0.353 e. The maximum atomic E-state index is 11.8. The van der Waals surface area contributed by atoms with Crippen LogP contribution in [0.5, 0.6) is 0 Å². The molecule has 0 aliphatic rings. The summed E-state index contributed by atoms with van der Waals surface area (Å²) in [5.74, 6) is -0.506. The van der Waals surface area contributed by atoms with E-state index in [1.54, 1.807) is 11.6 Å². The van der Waals surface area contributed by atoms with Crippen LogP contribution in [0.15, 0.2) is 48.5 Å². The van der Waals surface area contributed by atoms with Crippen LogP contribution in [0.25, 0.3) is 16.8 Å². The molecule has 0 aliphatic heterocycles. The van der Waals surface area contributed by atoms with Gasteiger partial charge in [-0.15, -0.1) is 0 Å². The molecule has 0 saturated carbocycles. The Morgan fingerprint density at radius 2 is 1.79 bits per heavy atom. The van der Waals surface area contributed by atoms with E-state index >= 15 is 0 Å². The zero-order valence-electron chi connectivity index (χ0n) is 13.5. The minimum Gasteiger partial charge on any atom is -0.353 e. The molecule has 0 heterocycles.